The summed E-state index contributed by atoms with van der Waals surface area (Å²) >= 11 is 0. The van der Waals surface area contributed by atoms with Gasteiger partial charge in [-0.2, -0.15) is 0 Å². The van der Waals surface area contributed by atoms with Crippen LogP contribution in [0.5, 0.6) is 17.2 Å². The van der Waals surface area contributed by atoms with Crippen molar-refractivity contribution in [3.8, 4) is 17.2 Å². The molecular weight excluding hydrogens is 556 g/mol. The van der Waals surface area contributed by atoms with Gasteiger partial charge < -0.3 is 39.7 Å². The van der Waals surface area contributed by atoms with Crippen LogP contribution in [-0.4, -0.2) is 106 Å². The maximum Gasteiger partial charge on any atom is 0.339 e. The Hall–Kier alpha value is -3.71. The minimum Gasteiger partial charge on any atom is -0.504 e. The van der Waals surface area contributed by atoms with Crippen molar-refractivity contribution in [2.75, 3.05) is 39.9 Å². The fourth-order valence-electron chi connectivity index (χ4n) is 6.55. The van der Waals surface area contributed by atoms with Gasteiger partial charge in [0.25, 0.3) is 0 Å². The van der Waals surface area contributed by atoms with E-state index in [9.17, 15) is 30.3 Å². The van der Waals surface area contributed by atoms with Gasteiger partial charge in [-0.25, -0.2) is 4.79 Å². The van der Waals surface area contributed by atoms with Gasteiger partial charge in [0.2, 0.25) is 5.75 Å². The average Bonchev–Trinajstić information content (AvgIpc) is 3.03. The van der Waals surface area contributed by atoms with Crippen molar-refractivity contribution in [3.05, 3.63) is 88.5 Å². The molecule has 3 aliphatic rings. The highest BCUT2D eigenvalue weighted by atomic mass is 16.6. The Morgan fingerprint density at radius 1 is 0.907 bits per heavy atom. The molecule has 5 N–H and O–H groups in total. The number of nitrogens with zero attached hydrogens (tertiary/aromatic N) is 2. The van der Waals surface area contributed by atoms with Gasteiger partial charge in [-0.05, 0) is 11.1 Å². The second-order valence-corrected chi connectivity index (χ2v) is 11.2. The number of ether oxygens (including phenoxy) is 3. The molecule has 0 aromatic heterocycles. The molecule has 0 radical (unpaired) electrons. The first-order valence-corrected chi connectivity index (χ1v) is 14.4. The van der Waals surface area contributed by atoms with Crippen molar-refractivity contribution >= 4 is 5.97 Å². The number of aromatic hydroxyl groups is 2. The number of phenols is 2. The number of carbonyl (C=O) groups is 1. The molecule has 0 saturated carbocycles. The molecule has 3 aliphatic heterocycles. The number of benzene rings is 3. The number of carbonyl (C=O) groups excluding carboxylic acids is 1. The standard InChI is InChI=1S/C32H36N2O9/c1-41-30-25(36)20(22-23(27(30)38)29-31(43-32(22)40)28(39)26(37)21(17-35)42-29)16-33-12-14-34(15-13-33)24(18-8-4-2-5-9-18)19-10-6-3-7-11-19/h2-11,21,24,26,28-29,31,35-39H,12-17H2,1H3/t21-,26-,28+,29-,31-/m1/s1. The van der Waals surface area contributed by atoms with Crippen LogP contribution in [0.15, 0.2) is 60.7 Å². The molecule has 0 bridgehead atoms. The molecule has 2 fully saturated rings. The van der Waals surface area contributed by atoms with Gasteiger partial charge in [-0.15, -0.1) is 0 Å². The number of aliphatic hydroxyl groups excluding tert-OH is 3. The summed E-state index contributed by atoms with van der Waals surface area (Å²) < 4.78 is 16.7. The lowest BCUT2D eigenvalue weighted by Crippen LogP contribution is -2.58. The van der Waals surface area contributed by atoms with Crippen LogP contribution in [0.4, 0.5) is 0 Å². The van der Waals surface area contributed by atoms with Crippen LogP contribution in [0.3, 0.4) is 0 Å². The summed E-state index contributed by atoms with van der Waals surface area (Å²) in [5.74, 6) is -2.02. The van der Waals surface area contributed by atoms with E-state index in [-0.39, 0.29) is 35.0 Å². The predicted molar refractivity (Wildman–Crippen MR) is 154 cm³/mol. The minimum absolute atomic E-state index is 0.0119. The molecule has 6 rings (SSSR count). The normalized spacial score (nSPS) is 26.1. The highest BCUT2D eigenvalue weighted by Gasteiger charge is 2.53. The second-order valence-electron chi connectivity index (χ2n) is 11.2. The number of rotatable bonds is 7. The van der Waals surface area contributed by atoms with Crippen molar-refractivity contribution in [1.82, 2.24) is 9.80 Å². The second kappa shape index (κ2) is 12.1. The van der Waals surface area contributed by atoms with Crippen LogP contribution in [0.2, 0.25) is 0 Å². The first-order chi connectivity index (χ1) is 20.8. The number of phenolic OH excluding ortho intramolecular Hbond substituents is 2. The Balaban J connectivity index is 1.29. The summed E-state index contributed by atoms with van der Waals surface area (Å²) in [6.07, 6.45) is -6.79. The lowest BCUT2D eigenvalue weighted by molar-refractivity contribution is -0.235. The van der Waals surface area contributed by atoms with Crippen molar-refractivity contribution < 1.29 is 44.5 Å². The Labute approximate surface area is 249 Å². The van der Waals surface area contributed by atoms with Crippen LogP contribution in [-0.2, 0) is 16.0 Å². The number of esters is 1. The average molecular weight is 593 g/mol. The van der Waals surface area contributed by atoms with Crippen molar-refractivity contribution in [2.45, 2.75) is 43.1 Å². The van der Waals surface area contributed by atoms with E-state index in [1.165, 1.54) is 18.2 Å². The van der Waals surface area contributed by atoms with Crippen LogP contribution in [0.1, 0.15) is 44.8 Å². The van der Waals surface area contributed by atoms with Gasteiger partial charge in [0, 0.05) is 43.9 Å². The molecule has 228 valence electrons. The molecule has 0 unspecified atom stereocenters. The molecule has 2 saturated heterocycles. The van der Waals surface area contributed by atoms with Crippen LogP contribution in [0, 0.1) is 0 Å². The highest BCUT2D eigenvalue weighted by Crippen LogP contribution is 2.52. The Bertz CT molecular complexity index is 1410. The number of fused-ring (bicyclic) bond motifs is 3. The third-order valence-electron chi connectivity index (χ3n) is 8.73. The van der Waals surface area contributed by atoms with Gasteiger partial charge in [0.1, 0.15) is 24.4 Å². The summed E-state index contributed by atoms with van der Waals surface area (Å²) in [5, 5.41) is 53.0. The van der Waals surface area contributed by atoms with Crippen molar-refractivity contribution in [2.24, 2.45) is 0 Å². The highest BCUT2D eigenvalue weighted by molar-refractivity contribution is 5.97. The van der Waals surface area contributed by atoms with Crippen LogP contribution in [0.25, 0.3) is 0 Å². The van der Waals surface area contributed by atoms with Gasteiger partial charge in [0.05, 0.1) is 25.3 Å². The number of piperazine rings is 1. The van der Waals surface area contributed by atoms with Crippen LogP contribution < -0.4 is 4.74 Å². The smallest absolute Gasteiger partial charge is 0.339 e. The molecule has 0 aliphatic carbocycles. The molecule has 11 nitrogen and oxygen atoms in total. The molecule has 0 spiro atoms. The van der Waals surface area contributed by atoms with Gasteiger partial charge in [-0.3, -0.25) is 9.80 Å². The van der Waals surface area contributed by atoms with Crippen molar-refractivity contribution in [3.63, 3.8) is 0 Å². The molecular formula is C32H36N2O9. The molecule has 43 heavy (non-hydrogen) atoms. The maximum absolute atomic E-state index is 13.4. The molecule has 3 heterocycles. The SMILES string of the molecule is COc1c(O)c(CN2CCN(C(c3ccccc3)c3ccccc3)CC2)c2c(c1O)[C@H]1O[C@H](CO)[C@@H](O)[C@H](O)[C@H]1OC2=O. The largest absolute Gasteiger partial charge is 0.504 e. The van der Waals surface area contributed by atoms with Gasteiger partial charge >= 0.3 is 5.97 Å². The Morgan fingerprint density at radius 2 is 1.51 bits per heavy atom. The van der Waals surface area contributed by atoms with E-state index in [0.29, 0.717) is 26.2 Å². The summed E-state index contributed by atoms with van der Waals surface area (Å²) in [4.78, 5) is 17.9. The van der Waals surface area contributed by atoms with E-state index < -0.39 is 54.6 Å². The van der Waals surface area contributed by atoms with Gasteiger partial charge in [0.15, 0.2) is 17.6 Å². The summed E-state index contributed by atoms with van der Waals surface area (Å²) in [6, 6.07) is 20.7. The number of methoxy groups -OCH3 is 1. The number of hydrogen-bond acceptors (Lipinski definition) is 11. The minimum atomic E-state index is -1.56. The molecule has 11 heteroatoms. The van der Waals surface area contributed by atoms with E-state index in [1.54, 1.807) is 0 Å². The number of hydrogen-bond donors (Lipinski definition) is 5. The van der Waals surface area contributed by atoms with Gasteiger partial charge in [-0.1, -0.05) is 60.7 Å². The first-order valence-electron chi connectivity index (χ1n) is 14.4. The van der Waals surface area contributed by atoms with Crippen LogP contribution >= 0.6 is 0 Å². The molecule has 5 atom stereocenters. The molecule has 3 aromatic rings. The Morgan fingerprint density at radius 3 is 2.07 bits per heavy atom. The third-order valence-corrected chi connectivity index (χ3v) is 8.73. The molecule has 3 aromatic carbocycles. The third kappa shape index (κ3) is 5.22. The van der Waals surface area contributed by atoms with E-state index >= 15 is 0 Å². The molecule has 0 amide bonds. The first kappa shape index (κ1) is 29.4. The zero-order valence-corrected chi connectivity index (χ0v) is 23.7. The lowest BCUT2D eigenvalue weighted by atomic mass is 9.84. The van der Waals surface area contributed by atoms with Crippen molar-refractivity contribution in [1.29, 1.82) is 0 Å². The predicted octanol–water partition coefficient (Wildman–Crippen LogP) is 1.71. The fourth-order valence-corrected chi connectivity index (χ4v) is 6.55. The summed E-state index contributed by atoms with van der Waals surface area (Å²) in [7, 11) is 1.28. The fraction of sp³-hybridized carbons (Fsp3) is 0.406. The topological polar surface area (TPSA) is 152 Å². The summed E-state index contributed by atoms with van der Waals surface area (Å²) in [5.41, 5.74) is 2.49. The lowest BCUT2D eigenvalue weighted by Gasteiger charge is -2.45. The number of aliphatic hydroxyl groups is 3. The monoisotopic (exact) mass is 592 g/mol. The maximum atomic E-state index is 13.4. The summed E-state index contributed by atoms with van der Waals surface area (Å²) in [6.45, 7) is 2.23. The Kier molecular flexibility index (Phi) is 8.27. The van der Waals surface area contributed by atoms with E-state index in [4.69, 9.17) is 14.2 Å². The van der Waals surface area contributed by atoms with E-state index in [0.717, 1.165) is 0 Å². The zero-order chi connectivity index (χ0) is 30.2. The zero-order valence-electron chi connectivity index (χ0n) is 23.7. The quantitative estimate of drug-likeness (QED) is 0.255. The van der Waals surface area contributed by atoms with E-state index in [1.807, 2.05) is 36.4 Å². The van der Waals surface area contributed by atoms with E-state index in [2.05, 4.69) is 34.1 Å².